The number of rotatable bonds is 4. The predicted molar refractivity (Wildman–Crippen MR) is 69.6 cm³/mol. The summed E-state index contributed by atoms with van der Waals surface area (Å²) in [6.45, 7) is 2.15. The van der Waals surface area contributed by atoms with Gasteiger partial charge < -0.3 is 0 Å². The fourth-order valence-corrected chi connectivity index (χ4v) is 3.31. The first kappa shape index (κ1) is 11.5. The van der Waals surface area contributed by atoms with E-state index in [2.05, 4.69) is 23.0 Å². The molecule has 0 N–H and O–H groups in total. The minimum atomic E-state index is 1.01. The molecular formula is C12H12N2S2. The van der Waals surface area contributed by atoms with Crippen LogP contribution in [0.4, 0.5) is 0 Å². The second-order valence-electron chi connectivity index (χ2n) is 3.16. The molecule has 0 aliphatic carbocycles. The van der Waals surface area contributed by atoms with Crippen LogP contribution in [-0.4, -0.2) is 9.97 Å². The molecule has 0 aliphatic heterocycles. The molecule has 0 spiro atoms. The Bertz CT molecular complexity index is 446. The van der Waals surface area contributed by atoms with Crippen molar-refractivity contribution in [3.8, 4) is 0 Å². The van der Waals surface area contributed by atoms with Crippen molar-refractivity contribution in [2.75, 3.05) is 0 Å². The second-order valence-corrected chi connectivity index (χ2v) is 5.29. The van der Waals surface area contributed by atoms with Gasteiger partial charge in [0.2, 0.25) is 0 Å². The average molecular weight is 248 g/mol. The molecule has 0 saturated heterocycles. The fraction of sp³-hybridized carbons (Fsp3) is 0.167. The zero-order chi connectivity index (χ0) is 11.2. The van der Waals surface area contributed by atoms with Crippen molar-refractivity contribution in [3.05, 3.63) is 48.3 Å². The fourth-order valence-electron chi connectivity index (χ4n) is 1.25. The first-order valence-corrected chi connectivity index (χ1v) is 7.24. The van der Waals surface area contributed by atoms with E-state index in [1.54, 1.807) is 21.6 Å². The zero-order valence-electron chi connectivity index (χ0n) is 8.96. The van der Waals surface area contributed by atoms with Gasteiger partial charge in [0, 0.05) is 12.4 Å². The molecule has 2 nitrogen and oxygen atoms in total. The Labute approximate surface area is 103 Å². The first-order chi connectivity index (χ1) is 7.90. The van der Waals surface area contributed by atoms with Crippen molar-refractivity contribution >= 4 is 21.6 Å². The van der Waals surface area contributed by atoms with Gasteiger partial charge in [-0.05, 0) is 51.8 Å². The number of aryl methyl sites for hydroxylation is 1. The molecule has 4 heteroatoms. The van der Waals surface area contributed by atoms with Gasteiger partial charge in [0.1, 0.15) is 10.1 Å². The summed E-state index contributed by atoms with van der Waals surface area (Å²) in [7, 11) is 3.31. The van der Waals surface area contributed by atoms with Crippen LogP contribution >= 0.6 is 21.6 Å². The molecule has 0 atom stereocenters. The number of hydrogen-bond acceptors (Lipinski definition) is 4. The summed E-state index contributed by atoms with van der Waals surface area (Å²) in [6.07, 6.45) is 4.65. The highest BCUT2D eigenvalue weighted by Crippen LogP contribution is 2.36. The van der Waals surface area contributed by atoms with Crippen LogP contribution in [0.1, 0.15) is 12.5 Å². The summed E-state index contributed by atoms with van der Waals surface area (Å²) in [5, 5.41) is 2.10. The summed E-state index contributed by atoms with van der Waals surface area (Å²) < 4.78 is 0. The van der Waals surface area contributed by atoms with E-state index in [1.807, 2.05) is 36.7 Å². The van der Waals surface area contributed by atoms with Crippen molar-refractivity contribution in [2.45, 2.75) is 23.4 Å². The smallest absolute Gasteiger partial charge is 0.110 e. The van der Waals surface area contributed by atoms with Crippen LogP contribution in [0.25, 0.3) is 0 Å². The highest BCUT2D eigenvalue weighted by molar-refractivity contribution is 8.76. The Balaban J connectivity index is 2.05. The van der Waals surface area contributed by atoms with E-state index in [9.17, 15) is 0 Å². The standard InChI is InChI=1S/C12H12N2S2/c1-2-10-6-5-9-14-12(10)16-15-11-7-3-4-8-13-11/h3-9H,2H2,1H3. The molecule has 0 amide bonds. The maximum absolute atomic E-state index is 4.38. The van der Waals surface area contributed by atoms with Crippen molar-refractivity contribution in [1.29, 1.82) is 0 Å². The molecule has 2 aromatic rings. The minimum Gasteiger partial charge on any atom is -0.249 e. The molecule has 0 saturated carbocycles. The normalized spacial score (nSPS) is 10.3. The molecule has 82 valence electrons. The van der Waals surface area contributed by atoms with Gasteiger partial charge in [0.05, 0.1) is 0 Å². The summed E-state index contributed by atoms with van der Waals surface area (Å²) in [5.74, 6) is 0. The third kappa shape index (κ3) is 3.00. The van der Waals surface area contributed by atoms with Crippen LogP contribution in [0.15, 0.2) is 52.8 Å². The Hall–Kier alpha value is -1.00. The Morgan fingerprint density at radius 3 is 2.62 bits per heavy atom. The van der Waals surface area contributed by atoms with Gasteiger partial charge in [-0.15, -0.1) is 0 Å². The van der Waals surface area contributed by atoms with Gasteiger partial charge in [-0.2, -0.15) is 0 Å². The van der Waals surface area contributed by atoms with Crippen molar-refractivity contribution < 1.29 is 0 Å². The highest BCUT2D eigenvalue weighted by atomic mass is 33.1. The van der Waals surface area contributed by atoms with E-state index in [0.29, 0.717) is 0 Å². The largest absolute Gasteiger partial charge is 0.249 e. The number of nitrogens with zero attached hydrogens (tertiary/aromatic N) is 2. The predicted octanol–water partition coefficient (Wildman–Crippen LogP) is 3.84. The Morgan fingerprint density at radius 1 is 1.00 bits per heavy atom. The summed E-state index contributed by atoms with van der Waals surface area (Å²) in [6, 6.07) is 10.0. The van der Waals surface area contributed by atoms with Gasteiger partial charge in [-0.25, -0.2) is 9.97 Å². The van der Waals surface area contributed by atoms with Gasteiger partial charge in [-0.3, -0.25) is 0 Å². The van der Waals surface area contributed by atoms with E-state index >= 15 is 0 Å². The molecule has 0 fully saturated rings. The first-order valence-electron chi connectivity index (χ1n) is 5.09. The lowest BCUT2D eigenvalue weighted by Gasteiger charge is -2.04. The summed E-state index contributed by atoms with van der Waals surface area (Å²) in [4.78, 5) is 8.64. The van der Waals surface area contributed by atoms with Crippen LogP contribution in [0.2, 0.25) is 0 Å². The number of hydrogen-bond donors (Lipinski definition) is 0. The van der Waals surface area contributed by atoms with Crippen LogP contribution in [0.3, 0.4) is 0 Å². The second kappa shape index (κ2) is 5.92. The molecule has 0 aliphatic rings. The van der Waals surface area contributed by atoms with Crippen molar-refractivity contribution in [2.24, 2.45) is 0 Å². The lowest BCUT2D eigenvalue weighted by Crippen LogP contribution is -1.86. The van der Waals surface area contributed by atoms with E-state index in [-0.39, 0.29) is 0 Å². The third-order valence-corrected chi connectivity index (χ3v) is 4.33. The molecule has 0 radical (unpaired) electrons. The molecular weight excluding hydrogens is 236 g/mol. The van der Waals surface area contributed by atoms with Crippen molar-refractivity contribution in [1.82, 2.24) is 9.97 Å². The topological polar surface area (TPSA) is 25.8 Å². The molecule has 2 aromatic heterocycles. The van der Waals surface area contributed by atoms with E-state index in [0.717, 1.165) is 16.5 Å². The molecule has 16 heavy (non-hydrogen) atoms. The lowest BCUT2D eigenvalue weighted by molar-refractivity contribution is 0.998. The molecule has 0 bridgehead atoms. The molecule has 2 rings (SSSR count). The maximum atomic E-state index is 4.38. The summed E-state index contributed by atoms with van der Waals surface area (Å²) >= 11 is 0. The van der Waals surface area contributed by atoms with Gasteiger partial charge in [0.25, 0.3) is 0 Å². The third-order valence-electron chi connectivity index (χ3n) is 2.07. The Morgan fingerprint density at radius 2 is 1.88 bits per heavy atom. The van der Waals surface area contributed by atoms with Gasteiger partial charge >= 0.3 is 0 Å². The molecule has 2 heterocycles. The maximum Gasteiger partial charge on any atom is 0.110 e. The van der Waals surface area contributed by atoms with Gasteiger partial charge in [-0.1, -0.05) is 19.1 Å². The SMILES string of the molecule is CCc1cccnc1SSc1ccccn1. The van der Waals surface area contributed by atoms with Crippen LogP contribution in [-0.2, 0) is 6.42 Å². The molecule has 0 unspecified atom stereocenters. The number of aromatic nitrogens is 2. The van der Waals surface area contributed by atoms with E-state index in [1.165, 1.54) is 5.56 Å². The summed E-state index contributed by atoms with van der Waals surface area (Å²) in [5.41, 5.74) is 1.29. The minimum absolute atomic E-state index is 1.01. The van der Waals surface area contributed by atoms with Crippen LogP contribution < -0.4 is 0 Å². The zero-order valence-corrected chi connectivity index (χ0v) is 10.6. The van der Waals surface area contributed by atoms with Gasteiger partial charge in [0.15, 0.2) is 0 Å². The monoisotopic (exact) mass is 248 g/mol. The lowest BCUT2D eigenvalue weighted by atomic mass is 10.2. The Kier molecular flexibility index (Phi) is 4.25. The van der Waals surface area contributed by atoms with Crippen molar-refractivity contribution in [3.63, 3.8) is 0 Å². The van der Waals surface area contributed by atoms with E-state index < -0.39 is 0 Å². The number of pyridine rings is 2. The highest BCUT2D eigenvalue weighted by Gasteiger charge is 2.03. The molecule has 0 aromatic carbocycles. The average Bonchev–Trinajstić information content (AvgIpc) is 2.38. The van der Waals surface area contributed by atoms with Crippen LogP contribution in [0, 0.1) is 0 Å². The van der Waals surface area contributed by atoms with E-state index in [4.69, 9.17) is 0 Å². The quantitative estimate of drug-likeness (QED) is 0.768. The van der Waals surface area contributed by atoms with Crippen LogP contribution in [0.5, 0.6) is 0 Å².